The summed E-state index contributed by atoms with van der Waals surface area (Å²) in [5.74, 6) is -1.32. The molecule has 0 radical (unpaired) electrons. The second kappa shape index (κ2) is 5.35. The predicted octanol–water partition coefficient (Wildman–Crippen LogP) is 2.98. The summed E-state index contributed by atoms with van der Waals surface area (Å²) >= 11 is 0. The van der Waals surface area contributed by atoms with Gasteiger partial charge in [0.15, 0.2) is 0 Å². The molecule has 0 aromatic heterocycles. The van der Waals surface area contributed by atoms with Gasteiger partial charge in [0.2, 0.25) is 0 Å². The fourth-order valence-corrected chi connectivity index (χ4v) is 1.74. The third-order valence-electron chi connectivity index (χ3n) is 2.52. The van der Waals surface area contributed by atoms with Gasteiger partial charge in [0.25, 0.3) is 0 Å². The zero-order valence-corrected chi connectivity index (χ0v) is 10.3. The molecule has 96 valence electrons. The van der Waals surface area contributed by atoms with E-state index in [9.17, 15) is 9.59 Å². The number of rotatable bonds is 3. The maximum Gasteiger partial charge on any atom is 0.335 e. The van der Waals surface area contributed by atoms with Gasteiger partial charge in [-0.1, -0.05) is 30.3 Å². The smallest absolute Gasteiger partial charge is 0.335 e. The van der Waals surface area contributed by atoms with Gasteiger partial charge in [0.1, 0.15) is 5.75 Å². The number of aromatic carboxylic acids is 1. The van der Waals surface area contributed by atoms with Crippen molar-refractivity contribution in [1.82, 2.24) is 0 Å². The van der Waals surface area contributed by atoms with Crippen LogP contribution in [0, 0.1) is 0 Å². The van der Waals surface area contributed by atoms with Crippen LogP contribution in [-0.4, -0.2) is 17.0 Å². The molecule has 0 saturated heterocycles. The van der Waals surface area contributed by atoms with E-state index in [4.69, 9.17) is 9.84 Å². The molecule has 0 saturated carbocycles. The molecular formula is C15H12O4. The summed E-state index contributed by atoms with van der Waals surface area (Å²) in [5.41, 5.74) is 1.63. The maximum atomic E-state index is 11.1. The Balaban J connectivity index is 2.51. The summed E-state index contributed by atoms with van der Waals surface area (Å²) in [7, 11) is 0. The van der Waals surface area contributed by atoms with Crippen molar-refractivity contribution in [1.29, 1.82) is 0 Å². The highest BCUT2D eigenvalue weighted by atomic mass is 16.5. The Hall–Kier alpha value is -2.62. The molecule has 0 aliphatic carbocycles. The van der Waals surface area contributed by atoms with Crippen molar-refractivity contribution < 1.29 is 19.4 Å². The standard InChI is InChI=1S/C15H12O4/c1-10(16)19-14-8-12(7-13(9-14)15(17)18)11-5-3-2-4-6-11/h2-9H,1H3,(H,17,18). The van der Waals surface area contributed by atoms with Gasteiger partial charge >= 0.3 is 11.9 Å². The molecule has 4 nitrogen and oxygen atoms in total. The third kappa shape index (κ3) is 3.19. The molecule has 2 rings (SSSR count). The van der Waals surface area contributed by atoms with E-state index in [-0.39, 0.29) is 11.3 Å². The van der Waals surface area contributed by atoms with E-state index in [0.717, 1.165) is 5.56 Å². The van der Waals surface area contributed by atoms with Crippen LogP contribution in [-0.2, 0) is 4.79 Å². The van der Waals surface area contributed by atoms with Crippen molar-refractivity contribution in [3.63, 3.8) is 0 Å². The Bertz CT molecular complexity index is 617. The highest BCUT2D eigenvalue weighted by Crippen LogP contribution is 2.26. The van der Waals surface area contributed by atoms with E-state index in [2.05, 4.69) is 0 Å². The molecular weight excluding hydrogens is 244 g/mol. The van der Waals surface area contributed by atoms with Crippen LogP contribution >= 0.6 is 0 Å². The zero-order valence-electron chi connectivity index (χ0n) is 10.3. The second-order valence-corrected chi connectivity index (χ2v) is 4.01. The van der Waals surface area contributed by atoms with Crippen molar-refractivity contribution in [2.75, 3.05) is 0 Å². The van der Waals surface area contributed by atoms with Gasteiger partial charge in [-0.15, -0.1) is 0 Å². The van der Waals surface area contributed by atoms with Gasteiger partial charge in [-0.3, -0.25) is 4.79 Å². The summed E-state index contributed by atoms with van der Waals surface area (Å²) in [4.78, 5) is 22.1. The molecule has 0 spiro atoms. The highest BCUT2D eigenvalue weighted by molar-refractivity contribution is 5.90. The molecule has 2 aromatic carbocycles. The van der Waals surface area contributed by atoms with Gasteiger partial charge in [-0.05, 0) is 29.3 Å². The molecule has 2 aromatic rings. The van der Waals surface area contributed by atoms with Crippen LogP contribution in [0.2, 0.25) is 0 Å². The molecule has 4 heteroatoms. The summed E-state index contributed by atoms with van der Waals surface area (Å²) in [6.07, 6.45) is 0. The number of carbonyl (C=O) groups excluding carboxylic acids is 1. The highest BCUT2D eigenvalue weighted by Gasteiger charge is 2.10. The van der Waals surface area contributed by atoms with Crippen molar-refractivity contribution in [2.24, 2.45) is 0 Å². The number of hydrogen-bond acceptors (Lipinski definition) is 3. The van der Waals surface area contributed by atoms with E-state index in [1.54, 1.807) is 12.1 Å². The monoisotopic (exact) mass is 256 g/mol. The topological polar surface area (TPSA) is 63.6 Å². The number of hydrogen-bond donors (Lipinski definition) is 1. The molecule has 0 unspecified atom stereocenters. The number of benzene rings is 2. The number of carboxylic acid groups (broad SMARTS) is 1. The summed E-state index contributed by atoms with van der Waals surface area (Å²) in [6.45, 7) is 1.27. The van der Waals surface area contributed by atoms with Crippen LogP contribution in [0.1, 0.15) is 17.3 Å². The lowest BCUT2D eigenvalue weighted by atomic mass is 10.0. The van der Waals surface area contributed by atoms with E-state index in [0.29, 0.717) is 5.56 Å². The molecule has 0 bridgehead atoms. The van der Waals surface area contributed by atoms with Crippen LogP contribution in [0.25, 0.3) is 11.1 Å². The fourth-order valence-electron chi connectivity index (χ4n) is 1.74. The van der Waals surface area contributed by atoms with Crippen LogP contribution < -0.4 is 4.74 Å². The van der Waals surface area contributed by atoms with E-state index in [1.807, 2.05) is 30.3 Å². The Morgan fingerprint density at radius 3 is 2.26 bits per heavy atom. The molecule has 0 atom stereocenters. The molecule has 0 fully saturated rings. The lowest BCUT2D eigenvalue weighted by Crippen LogP contribution is -2.04. The number of ether oxygens (including phenoxy) is 1. The van der Waals surface area contributed by atoms with Gasteiger partial charge in [-0.2, -0.15) is 0 Å². The quantitative estimate of drug-likeness (QED) is 0.677. The summed E-state index contributed by atoms with van der Waals surface area (Å²) in [5, 5.41) is 9.07. The summed E-state index contributed by atoms with van der Waals surface area (Å²) in [6, 6.07) is 13.8. The average Bonchev–Trinajstić information content (AvgIpc) is 2.38. The number of carbonyl (C=O) groups is 2. The predicted molar refractivity (Wildman–Crippen MR) is 70.1 cm³/mol. The molecule has 0 aliphatic rings. The minimum atomic E-state index is -1.06. The van der Waals surface area contributed by atoms with Crippen molar-refractivity contribution >= 4 is 11.9 Å². The van der Waals surface area contributed by atoms with Gasteiger partial charge in [0, 0.05) is 6.92 Å². The Kier molecular flexibility index (Phi) is 3.61. The van der Waals surface area contributed by atoms with E-state index < -0.39 is 11.9 Å². The minimum Gasteiger partial charge on any atom is -0.478 e. The normalized spacial score (nSPS) is 9.95. The SMILES string of the molecule is CC(=O)Oc1cc(C(=O)O)cc(-c2ccccc2)c1. The van der Waals surface area contributed by atoms with Gasteiger partial charge in [-0.25, -0.2) is 4.79 Å². The van der Waals surface area contributed by atoms with Crippen LogP contribution in [0.15, 0.2) is 48.5 Å². The first kappa shape index (κ1) is 12.8. The second-order valence-electron chi connectivity index (χ2n) is 4.01. The minimum absolute atomic E-state index is 0.0811. The molecule has 0 heterocycles. The molecule has 1 N–H and O–H groups in total. The van der Waals surface area contributed by atoms with Gasteiger partial charge in [0.05, 0.1) is 5.56 Å². The Labute approximate surface area is 110 Å². The van der Waals surface area contributed by atoms with Crippen molar-refractivity contribution in [3.8, 4) is 16.9 Å². The Morgan fingerprint density at radius 2 is 1.68 bits per heavy atom. The fraction of sp³-hybridized carbons (Fsp3) is 0.0667. The first-order valence-electron chi connectivity index (χ1n) is 5.68. The third-order valence-corrected chi connectivity index (χ3v) is 2.52. The first-order chi connectivity index (χ1) is 9.06. The van der Waals surface area contributed by atoms with Crippen molar-refractivity contribution in [3.05, 3.63) is 54.1 Å². The largest absolute Gasteiger partial charge is 0.478 e. The van der Waals surface area contributed by atoms with Gasteiger partial charge < -0.3 is 9.84 Å². The van der Waals surface area contributed by atoms with Crippen LogP contribution in [0.3, 0.4) is 0 Å². The van der Waals surface area contributed by atoms with Crippen LogP contribution in [0.5, 0.6) is 5.75 Å². The summed E-state index contributed by atoms with van der Waals surface area (Å²) < 4.78 is 4.96. The Morgan fingerprint density at radius 1 is 1.00 bits per heavy atom. The van der Waals surface area contributed by atoms with Crippen molar-refractivity contribution in [2.45, 2.75) is 6.92 Å². The average molecular weight is 256 g/mol. The van der Waals surface area contributed by atoms with E-state index in [1.165, 1.54) is 13.0 Å². The number of carboxylic acids is 1. The lowest BCUT2D eigenvalue weighted by molar-refractivity contribution is -0.131. The lowest BCUT2D eigenvalue weighted by Gasteiger charge is -2.07. The number of esters is 1. The molecule has 0 aliphatic heterocycles. The van der Waals surface area contributed by atoms with E-state index >= 15 is 0 Å². The molecule has 19 heavy (non-hydrogen) atoms. The molecule has 0 amide bonds. The first-order valence-corrected chi connectivity index (χ1v) is 5.68. The maximum absolute atomic E-state index is 11.1. The zero-order chi connectivity index (χ0) is 13.8. The van der Waals surface area contributed by atoms with Crippen LogP contribution in [0.4, 0.5) is 0 Å².